The number of nitrogens with one attached hydrogen (secondary N) is 1. The molecule has 2 atom stereocenters. The van der Waals surface area contributed by atoms with Gasteiger partial charge in [0, 0.05) is 17.3 Å². The summed E-state index contributed by atoms with van der Waals surface area (Å²) in [7, 11) is 0. The lowest BCUT2D eigenvalue weighted by Crippen LogP contribution is -2.42. The summed E-state index contributed by atoms with van der Waals surface area (Å²) in [5.74, 6) is -1.65. The molecule has 0 aromatic carbocycles. The van der Waals surface area contributed by atoms with Crippen molar-refractivity contribution in [1.82, 2.24) is 10.3 Å². The summed E-state index contributed by atoms with van der Waals surface area (Å²) in [4.78, 5) is 27.7. The molecule has 1 aliphatic carbocycles. The maximum atomic E-state index is 12.3. The van der Waals surface area contributed by atoms with Crippen LogP contribution < -0.4 is 5.32 Å². The third kappa shape index (κ3) is 4.17. The molecule has 5 nitrogen and oxygen atoms in total. The number of rotatable bonds is 3. The smallest absolute Gasteiger partial charge is 0.308 e. The second-order valence-electron chi connectivity index (χ2n) is 5.48. The predicted molar refractivity (Wildman–Crippen MR) is 79.4 cm³/mol. The molecule has 2 N–H and O–H groups in total. The molecule has 114 valence electrons. The third-order valence-electron chi connectivity index (χ3n) is 3.83. The first-order valence-corrected chi connectivity index (χ1v) is 7.53. The van der Waals surface area contributed by atoms with Crippen LogP contribution in [0.15, 0.2) is 12.1 Å². The molecule has 0 saturated heterocycles. The number of carboxylic acid groups (broad SMARTS) is 1. The molecule has 6 heteroatoms. The van der Waals surface area contributed by atoms with Gasteiger partial charge in [0.05, 0.1) is 5.92 Å². The van der Waals surface area contributed by atoms with E-state index in [1.165, 1.54) is 6.07 Å². The number of hydrogen-bond donors (Lipinski definition) is 2. The van der Waals surface area contributed by atoms with E-state index in [0.29, 0.717) is 24.1 Å². The topological polar surface area (TPSA) is 79.3 Å². The number of amides is 1. The van der Waals surface area contributed by atoms with Crippen molar-refractivity contribution in [3.8, 4) is 0 Å². The van der Waals surface area contributed by atoms with Gasteiger partial charge in [0.15, 0.2) is 0 Å². The molecule has 1 heterocycles. The van der Waals surface area contributed by atoms with Crippen LogP contribution in [0.3, 0.4) is 0 Å². The van der Waals surface area contributed by atoms with Crippen molar-refractivity contribution in [2.24, 2.45) is 5.92 Å². The highest BCUT2D eigenvalue weighted by Gasteiger charge is 2.30. The summed E-state index contributed by atoms with van der Waals surface area (Å²) in [6.07, 6.45) is 4.14. The van der Waals surface area contributed by atoms with E-state index >= 15 is 0 Å². The molecule has 1 fully saturated rings. The third-order valence-corrected chi connectivity index (χ3v) is 4.03. The van der Waals surface area contributed by atoms with E-state index in [-0.39, 0.29) is 17.1 Å². The van der Waals surface area contributed by atoms with Crippen LogP contribution >= 0.6 is 11.6 Å². The molecular weight excluding hydrogens is 292 g/mol. The van der Waals surface area contributed by atoms with Gasteiger partial charge < -0.3 is 10.4 Å². The van der Waals surface area contributed by atoms with Crippen LogP contribution in [0.4, 0.5) is 0 Å². The zero-order valence-corrected chi connectivity index (χ0v) is 12.7. The van der Waals surface area contributed by atoms with Gasteiger partial charge in [-0.2, -0.15) is 0 Å². The van der Waals surface area contributed by atoms with E-state index in [1.807, 2.05) is 0 Å². The Bertz CT molecular complexity index is 527. The monoisotopic (exact) mass is 310 g/mol. The fourth-order valence-corrected chi connectivity index (χ4v) is 3.04. The van der Waals surface area contributed by atoms with Crippen LogP contribution in [0, 0.1) is 12.8 Å². The van der Waals surface area contributed by atoms with E-state index in [2.05, 4.69) is 10.3 Å². The standard InChI is InChI=1S/C15H19ClN2O3/c1-9-7-10(8-13(16)17-9)14(19)18-12-6-4-2-3-5-11(12)15(20)21/h7-8,11-12H,2-6H2,1H3,(H,18,19)(H,20,21). The zero-order valence-electron chi connectivity index (χ0n) is 11.9. The van der Waals surface area contributed by atoms with Gasteiger partial charge in [0.25, 0.3) is 5.91 Å². The Morgan fingerprint density at radius 1 is 1.29 bits per heavy atom. The molecular formula is C15H19ClN2O3. The number of pyridine rings is 1. The highest BCUT2D eigenvalue weighted by molar-refractivity contribution is 6.29. The fraction of sp³-hybridized carbons (Fsp3) is 0.533. The van der Waals surface area contributed by atoms with Gasteiger partial charge in [0.1, 0.15) is 5.15 Å². The van der Waals surface area contributed by atoms with Crippen LogP contribution in [0.25, 0.3) is 0 Å². The Kier molecular flexibility index (Phi) is 5.17. The average molecular weight is 311 g/mol. The number of carboxylic acids is 1. The average Bonchev–Trinajstić information content (AvgIpc) is 2.63. The first-order chi connectivity index (χ1) is 9.97. The van der Waals surface area contributed by atoms with Gasteiger partial charge in [-0.05, 0) is 31.9 Å². The van der Waals surface area contributed by atoms with Crippen molar-refractivity contribution in [2.75, 3.05) is 0 Å². The molecule has 2 rings (SSSR count). The normalized spacial score (nSPS) is 22.4. The van der Waals surface area contributed by atoms with Crippen LogP contribution in [0.1, 0.15) is 48.2 Å². The maximum Gasteiger partial charge on any atom is 0.308 e. The van der Waals surface area contributed by atoms with Crippen LogP contribution in [-0.4, -0.2) is 28.0 Å². The molecule has 0 bridgehead atoms. The van der Waals surface area contributed by atoms with E-state index in [9.17, 15) is 14.7 Å². The molecule has 2 unspecified atom stereocenters. The van der Waals surface area contributed by atoms with Gasteiger partial charge >= 0.3 is 5.97 Å². The van der Waals surface area contributed by atoms with E-state index in [4.69, 9.17) is 11.6 Å². The number of aliphatic carboxylic acids is 1. The Balaban J connectivity index is 2.14. The second kappa shape index (κ2) is 6.89. The van der Waals surface area contributed by atoms with Crippen molar-refractivity contribution in [3.05, 3.63) is 28.5 Å². The van der Waals surface area contributed by atoms with Crippen molar-refractivity contribution >= 4 is 23.5 Å². The lowest BCUT2D eigenvalue weighted by atomic mass is 9.94. The Labute approximate surface area is 128 Å². The number of halogens is 1. The lowest BCUT2D eigenvalue weighted by molar-refractivity contribution is -0.142. The van der Waals surface area contributed by atoms with E-state index in [0.717, 1.165) is 19.3 Å². The largest absolute Gasteiger partial charge is 0.481 e. The Morgan fingerprint density at radius 2 is 2.00 bits per heavy atom. The maximum absolute atomic E-state index is 12.3. The van der Waals surface area contributed by atoms with Gasteiger partial charge in [-0.25, -0.2) is 4.98 Å². The molecule has 1 aromatic heterocycles. The number of nitrogens with zero attached hydrogens (tertiary/aromatic N) is 1. The highest BCUT2D eigenvalue weighted by atomic mass is 35.5. The summed E-state index contributed by atoms with van der Waals surface area (Å²) in [5.41, 5.74) is 1.07. The predicted octanol–water partition coefficient (Wildman–Crippen LogP) is 2.81. The van der Waals surface area contributed by atoms with Crippen molar-refractivity contribution < 1.29 is 14.7 Å². The Morgan fingerprint density at radius 3 is 2.67 bits per heavy atom. The van der Waals surface area contributed by atoms with Crippen molar-refractivity contribution in [1.29, 1.82) is 0 Å². The molecule has 1 aliphatic rings. The molecule has 21 heavy (non-hydrogen) atoms. The number of carbonyl (C=O) groups excluding carboxylic acids is 1. The van der Waals surface area contributed by atoms with Crippen LogP contribution in [-0.2, 0) is 4.79 Å². The van der Waals surface area contributed by atoms with Crippen LogP contribution in [0.5, 0.6) is 0 Å². The first-order valence-electron chi connectivity index (χ1n) is 7.15. The zero-order chi connectivity index (χ0) is 15.4. The first kappa shape index (κ1) is 15.8. The number of aryl methyl sites for hydroxylation is 1. The number of carbonyl (C=O) groups is 2. The minimum atomic E-state index is -0.842. The molecule has 0 aliphatic heterocycles. The Hall–Kier alpha value is -1.62. The minimum Gasteiger partial charge on any atom is -0.481 e. The fourth-order valence-electron chi connectivity index (χ4n) is 2.79. The van der Waals surface area contributed by atoms with Crippen LogP contribution in [0.2, 0.25) is 5.15 Å². The molecule has 0 spiro atoms. The summed E-state index contributed by atoms with van der Waals surface area (Å²) < 4.78 is 0. The van der Waals surface area contributed by atoms with Gasteiger partial charge in [-0.15, -0.1) is 0 Å². The van der Waals surface area contributed by atoms with Gasteiger partial charge in [-0.3, -0.25) is 9.59 Å². The van der Waals surface area contributed by atoms with Crippen molar-refractivity contribution in [2.45, 2.75) is 45.1 Å². The molecule has 1 aromatic rings. The number of hydrogen-bond acceptors (Lipinski definition) is 3. The summed E-state index contributed by atoms with van der Waals surface area (Å²) >= 11 is 5.86. The second-order valence-corrected chi connectivity index (χ2v) is 5.87. The van der Waals surface area contributed by atoms with Gasteiger partial charge in [0.2, 0.25) is 0 Å². The number of aromatic nitrogens is 1. The quantitative estimate of drug-likeness (QED) is 0.664. The molecule has 1 saturated carbocycles. The SMILES string of the molecule is Cc1cc(C(=O)NC2CCCCCC2C(=O)O)cc(Cl)n1. The highest BCUT2D eigenvalue weighted by Crippen LogP contribution is 2.24. The van der Waals surface area contributed by atoms with E-state index in [1.54, 1.807) is 13.0 Å². The van der Waals surface area contributed by atoms with E-state index < -0.39 is 11.9 Å². The summed E-state index contributed by atoms with van der Waals surface area (Å²) in [5, 5.41) is 12.4. The summed E-state index contributed by atoms with van der Waals surface area (Å²) in [6, 6.07) is 2.81. The molecule has 0 radical (unpaired) electrons. The lowest BCUT2D eigenvalue weighted by Gasteiger charge is -2.23. The van der Waals surface area contributed by atoms with Gasteiger partial charge in [-0.1, -0.05) is 30.9 Å². The van der Waals surface area contributed by atoms with Crippen molar-refractivity contribution in [3.63, 3.8) is 0 Å². The summed E-state index contributed by atoms with van der Waals surface area (Å²) in [6.45, 7) is 1.76. The molecule has 1 amide bonds. The minimum absolute atomic E-state index is 0.260.